The molecule has 0 atom stereocenters. The maximum absolute atomic E-state index is 12.7. The second kappa shape index (κ2) is 10.5. The van der Waals surface area contributed by atoms with Gasteiger partial charge in [0.15, 0.2) is 5.78 Å². The number of halogens is 2. The zero-order chi connectivity index (χ0) is 21.7. The Morgan fingerprint density at radius 1 is 0.967 bits per heavy atom. The lowest BCUT2D eigenvalue weighted by Gasteiger charge is -2.08. The number of benzene rings is 3. The van der Waals surface area contributed by atoms with Crippen molar-refractivity contribution in [2.45, 2.75) is 17.9 Å². The Kier molecular flexibility index (Phi) is 7.95. The number of fused-ring (bicyclic) bond motifs is 1. The second-order valence-electron chi connectivity index (χ2n) is 6.65. The van der Waals surface area contributed by atoms with E-state index < -0.39 is 0 Å². The fourth-order valence-electron chi connectivity index (χ4n) is 3.22. The smallest absolute Gasteiger partial charge is 0.189 e. The highest BCUT2D eigenvalue weighted by atomic mass is 35.5. The molecule has 0 saturated carbocycles. The fourth-order valence-corrected chi connectivity index (χ4v) is 3.91. The summed E-state index contributed by atoms with van der Waals surface area (Å²) in [5, 5.41) is 1.09. The van der Waals surface area contributed by atoms with Crippen LogP contribution in [0.25, 0.3) is 6.08 Å². The van der Waals surface area contributed by atoms with Crippen LogP contribution in [0.5, 0.6) is 5.75 Å². The molecule has 0 saturated heterocycles. The number of rotatable bonds is 4. The van der Waals surface area contributed by atoms with Crippen LogP contribution in [-0.4, -0.2) is 12.0 Å². The van der Waals surface area contributed by atoms with E-state index in [9.17, 15) is 4.79 Å². The normalized spacial score (nSPS) is 13.6. The molecule has 154 valence electrons. The Labute approximate surface area is 197 Å². The summed E-state index contributed by atoms with van der Waals surface area (Å²) in [6.07, 6.45) is 4.10. The molecule has 0 aliphatic heterocycles. The molecule has 1 aliphatic carbocycles. The minimum Gasteiger partial charge on any atom is -0.489 e. The van der Waals surface area contributed by atoms with Crippen LogP contribution in [0.2, 0.25) is 10.0 Å². The molecule has 0 heterocycles. The van der Waals surface area contributed by atoms with Crippen LogP contribution < -0.4 is 4.74 Å². The Morgan fingerprint density at radius 2 is 1.63 bits per heavy atom. The van der Waals surface area contributed by atoms with Crippen LogP contribution in [0.4, 0.5) is 0 Å². The molecule has 0 unspecified atom stereocenters. The van der Waals surface area contributed by atoms with Gasteiger partial charge in [-0.15, -0.1) is 12.6 Å². The summed E-state index contributed by atoms with van der Waals surface area (Å²) in [6, 6.07) is 18.7. The maximum Gasteiger partial charge on any atom is 0.189 e. The van der Waals surface area contributed by atoms with Crippen molar-refractivity contribution in [2.75, 3.05) is 6.26 Å². The Morgan fingerprint density at radius 3 is 2.30 bits per heavy atom. The molecule has 0 radical (unpaired) electrons. The lowest BCUT2D eigenvalue weighted by atomic mass is 10.1. The van der Waals surface area contributed by atoms with Crippen molar-refractivity contribution in [1.82, 2.24) is 0 Å². The van der Waals surface area contributed by atoms with Crippen molar-refractivity contribution in [3.63, 3.8) is 0 Å². The topological polar surface area (TPSA) is 26.3 Å². The van der Waals surface area contributed by atoms with Gasteiger partial charge in [0.05, 0.1) is 0 Å². The van der Waals surface area contributed by atoms with E-state index in [2.05, 4.69) is 25.3 Å². The van der Waals surface area contributed by atoms with E-state index in [0.717, 1.165) is 32.9 Å². The highest BCUT2D eigenvalue weighted by molar-refractivity contribution is 7.80. The molecular weight excluding hydrogens is 455 g/mol. The number of Topliss-reactive ketones (excluding diaryl/α,β-unsaturated/α-hetero) is 1. The number of hydrogen-bond acceptors (Lipinski definition) is 4. The minimum absolute atomic E-state index is 0.0296. The summed E-state index contributed by atoms with van der Waals surface area (Å²) in [5.41, 5.74) is 4.28. The van der Waals surface area contributed by atoms with E-state index in [4.69, 9.17) is 27.9 Å². The highest BCUT2D eigenvalue weighted by Gasteiger charge is 2.25. The van der Waals surface area contributed by atoms with E-state index >= 15 is 0 Å². The van der Waals surface area contributed by atoms with Crippen molar-refractivity contribution in [3.8, 4) is 5.75 Å². The lowest BCUT2D eigenvalue weighted by molar-refractivity contribution is 0.104. The van der Waals surface area contributed by atoms with Crippen LogP contribution in [-0.2, 0) is 13.0 Å². The molecule has 0 fully saturated rings. The molecule has 2 nitrogen and oxygen atoms in total. The highest BCUT2D eigenvalue weighted by Crippen LogP contribution is 2.32. The lowest BCUT2D eigenvalue weighted by Crippen LogP contribution is -1.97. The van der Waals surface area contributed by atoms with Gasteiger partial charge in [-0.05, 0) is 77.6 Å². The average molecular weight is 475 g/mol. The molecule has 6 heteroatoms. The molecule has 0 spiro atoms. The Bertz CT molecular complexity index is 1070. The molecule has 0 aromatic heterocycles. The van der Waals surface area contributed by atoms with Gasteiger partial charge in [0.2, 0.25) is 0 Å². The van der Waals surface area contributed by atoms with Crippen molar-refractivity contribution >= 4 is 60.3 Å². The molecular formula is C24H20Cl2O2S2. The van der Waals surface area contributed by atoms with Crippen LogP contribution in [0.1, 0.15) is 27.0 Å². The summed E-state index contributed by atoms with van der Waals surface area (Å²) in [4.78, 5) is 13.6. The first-order valence-electron chi connectivity index (χ1n) is 9.18. The molecule has 30 heavy (non-hydrogen) atoms. The van der Waals surface area contributed by atoms with Crippen LogP contribution in [0.3, 0.4) is 0 Å². The predicted molar refractivity (Wildman–Crippen MR) is 132 cm³/mol. The number of ether oxygens (including phenoxy) is 1. The molecule has 0 amide bonds. The number of allylic oxidation sites excluding steroid dienone is 1. The fraction of sp³-hybridized carbons (Fsp3) is 0.125. The maximum atomic E-state index is 12.7. The van der Waals surface area contributed by atoms with Crippen LogP contribution >= 0.6 is 48.5 Å². The van der Waals surface area contributed by atoms with E-state index in [0.29, 0.717) is 28.6 Å². The van der Waals surface area contributed by atoms with E-state index in [1.807, 2.05) is 48.5 Å². The van der Waals surface area contributed by atoms with Crippen molar-refractivity contribution in [1.29, 1.82) is 0 Å². The zero-order valence-corrected chi connectivity index (χ0v) is 19.5. The van der Waals surface area contributed by atoms with Crippen molar-refractivity contribution < 1.29 is 9.53 Å². The molecule has 0 N–H and O–H groups in total. The summed E-state index contributed by atoms with van der Waals surface area (Å²) >= 11 is 19.9. The number of carbonyl (C=O) groups excluding carboxylic acids is 1. The monoisotopic (exact) mass is 474 g/mol. The van der Waals surface area contributed by atoms with Gasteiger partial charge < -0.3 is 4.74 Å². The first kappa shape index (κ1) is 22.8. The quantitative estimate of drug-likeness (QED) is 0.308. The second-order valence-corrected chi connectivity index (χ2v) is 8.04. The number of hydrogen-bond donors (Lipinski definition) is 2. The van der Waals surface area contributed by atoms with Gasteiger partial charge in [0.1, 0.15) is 12.4 Å². The largest absolute Gasteiger partial charge is 0.489 e. The third-order valence-corrected chi connectivity index (χ3v) is 5.30. The third kappa shape index (κ3) is 5.64. The van der Waals surface area contributed by atoms with Gasteiger partial charge in [-0.1, -0.05) is 35.3 Å². The van der Waals surface area contributed by atoms with Crippen molar-refractivity contribution in [3.05, 3.63) is 98.5 Å². The van der Waals surface area contributed by atoms with E-state index in [-0.39, 0.29) is 5.78 Å². The molecule has 4 rings (SSSR count). The third-order valence-electron chi connectivity index (χ3n) is 4.56. The first-order chi connectivity index (χ1) is 14.5. The van der Waals surface area contributed by atoms with Gasteiger partial charge in [-0.3, -0.25) is 4.79 Å². The summed E-state index contributed by atoms with van der Waals surface area (Å²) < 4.78 is 5.89. The van der Waals surface area contributed by atoms with Gasteiger partial charge in [0, 0.05) is 32.5 Å². The average Bonchev–Trinajstić information content (AvgIpc) is 3.03. The van der Waals surface area contributed by atoms with Crippen LogP contribution in [0.15, 0.2) is 71.1 Å². The zero-order valence-electron chi connectivity index (χ0n) is 16.2. The standard InChI is InChI=1S/C23H16Cl2O2S.CH4S/c24-18-8-15(9-19(25)12-18)7-17-10-16-11-20(3-6-22(16)23(17)26)27-13-14-1-4-21(28)5-2-14;1-2/h1-9,11-12,28H,10,13H2;2H,1H3/b17-7+;. The summed E-state index contributed by atoms with van der Waals surface area (Å²) in [5.74, 6) is 0.774. The summed E-state index contributed by atoms with van der Waals surface area (Å²) in [6.45, 7) is 0.463. The van der Waals surface area contributed by atoms with Crippen molar-refractivity contribution in [2.24, 2.45) is 0 Å². The summed E-state index contributed by atoms with van der Waals surface area (Å²) in [7, 11) is 0. The Hall–Kier alpha value is -1.85. The molecule has 1 aliphatic rings. The Balaban J connectivity index is 0.00000124. The minimum atomic E-state index is 0.0296. The molecule has 0 bridgehead atoms. The van der Waals surface area contributed by atoms with Gasteiger partial charge in [0.25, 0.3) is 0 Å². The number of ketones is 1. The van der Waals surface area contributed by atoms with E-state index in [1.165, 1.54) is 0 Å². The van der Waals surface area contributed by atoms with Crippen LogP contribution in [0, 0.1) is 0 Å². The SMILES string of the molecule is CS.O=C1/C(=C/c2cc(Cl)cc(Cl)c2)Cc2cc(OCc3ccc(S)cc3)ccc21. The number of thiol groups is 2. The predicted octanol–water partition coefficient (Wildman–Crippen LogP) is 7.23. The van der Waals surface area contributed by atoms with Gasteiger partial charge in [-0.2, -0.15) is 12.6 Å². The first-order valence-corrected chi connectivity index (χ1v) is 11.3. The number of carbonyl (C=O) groups is 1. The van der Waals surface area contributed by atoms with Gasteiger partial charge >= 0.3 is 0 Å². The molecule has 3 aromatic rings. The van der Waals surface area contributed by atoms with E-state index in [1.54, 1.807) is 24.5 Å². The van der Waals surface area contributed by atoms with Gasteiger partial charge in [-0.25, -0.2) is 0 Å². The molecule has 3 aromatic carbocycles.